The first-order valence-electron chi connectivity index (χ1n) is 6.78. The zero-order valence-electron chi connectivity index (χ0n) is 12.1. The Morgan fingerprint density at radius 2 is 1.83 bits per heavy atom. The lowest BCUT2D eigenvalue weighted by molar-refractivity contribution is 0.0983. The van der Waals surface area contributed by atoms with Gasteiger partial charge < -0.3 is 4.98 Å². The summed E-state index contributed by atoms with van der Waals surface area (Å²) in [5.74, 6) is -1.33. The predicted octanol–water partition coefficient (Wildman–Crippen LogP) is 2.73. The molecule has 5 nitrogen and oxygen atoms in total. The van der Waals surface area contributed by atoms with Crippen molar-refractivity contribution in [3.8, 4) is 0 Å². The van der Waals surface area contributed by atoms with Crippen molar-refractivity contribution in [2.24, 2.45) is 0 Å². The first-order valence-corrected chi connectivity index (χ1v) is 8.26. The van der Waals surface area contributed by atoms with Gasteiger partial charge in [-0.3, -0.25) is 4.79 Å². The van der Waals surface area contributed by atoms with E-state index >= 15 is 0 Å². The van der Waals surface area contributed by atoms with Crippen molar-refractivity contribution in [2.45, 2.75) is 11.8 Å². The molecule has 0 saturated heterocycles. The zero-order valence-corrected chi connectivity index (χ0v) is 12.9. The number of aromatic nitrogens is 1. The number of hydrogen-bond donors (Lipinski definition) is 2. The number of sulfonamides is 1. The van der Waals surface area contributed by atoms with Crippen molar-refractivity contribution in [1.82, 2.24) is 9.71 Å². The van der Waals surface area contributed by atoms with Gasteiger partial charge >= 0.3 is 0 Å². The lowest BCUT2D eigenvalue weighted by Crippen LogP contribution is -2.30. The summed E-state index contributed by atoms with van der Waals surface area (Å²) < 4.78 is 40.1. The van der Waals surface area contributed by atoms with Gasteiger partial charge in [0.1, 0.15) is 5.82 Å². The number of fused-ring (bicyclic) bond motifs is 1. The fourth-order valence-electron chi connectivity index (χ4n) is 2.26. The van der Waals surface area contributed by atoms with E-state index in [9.17, 15) is 17.6 Å². The number of aromatic amines is 1. The van der Waals surface area contributed by atoms with E-state index in [4.69, 9.17) is 0 Å². The van der Waals surface area contributed by atoms with Crippen LogP contribution in [0.4, 0.5) is 4.39 Å². The zero-order chi connectivity index (χ0) is 16.6. The third-order valence-electron chi connectivity index (χ3n) is 3.47. The van der Waals surface area contributed by atoms with E-state index in [0.29, 0.717) is 5.39 Å². The van der Waals surface area contributed by atoms with Crippen LogP contribution in [0.15, 0.2) is 53.6 Å². The Kier molecular flexibility index (Phi) is 3.65. The summed E-state index contributed by atoms with van der Waals surface area (Å²) in [5, 5.41) is 0.321. The first-order chi connectivity index (χ1) is 10.9. The molecular formula is C16H13FN2O3S. The van der Waals surface area contributed by atoms with Crippen LogP contribution in [0, 0.1) is 12.7 Å². The number of amides is 1. The fraction of sp³-hybridized carbons (Fsp3) is 0.0625. The standard InChI is InChI=1S/C16H13FN2O3S/c1-10-5-7-11(8-6-10)23(21,22)19-16(20)13-9-18-15-12(13)3-2-4-14(15)17/h2-9,18H,1H3,(H,19,20). The molecule has 1 heterocycles. The van der Waals surface area contributed by atoms with Gasteiger partial charge in [-0.15, -0.1) is 0 Å². The molecule has 0 aliphatic rings. The molecule has 0 unspecified atom stereocenters. The minimum Gasteiger partial charge on any atom is -0.358 e. The Morgan fingerprint density at radius 3 is 2.52 bits per heavy atom. The van der Waals surface area contributed by atoms with Gasteiger partial charge in [-0.05, 0) is 25.1 Å². The number of H-pyrrole nitrogens is 1. The van der Waals surface area contributed by atoms with Crippen molar-refractivity contribution in [3.05, 3.63) is 65.6 Å². The summed E-state index contributed by atoms with van der Waals surface area (Å²) in [6.07, 6.45) is 1.29. The van der Waals surface area contributed by atoms with Gasteiger partial charge in [-0.2, -0.15) is 0 Å². The van der Waals surface area contributed by atoms with Crippen LogP contribution >= 0.6 is 0 Å². The van der Waals surface area contributed by atoms with Crippen LogP contribution in [0.1, 0.15) is 15.9 Å². The molecule has 3 rings (SSSR count). The maximum Gasteiger partial charge on any atom is 0.267 e. The van der Waals surface area contributed by atoms with Crippen LogP contribution < -0.4 is 4.72 Å². The Morgan fingerprint density at radius 1 is 1.13 bits per heavy atom. The number of rotatable bonds is 3. The molecule has 0 aliphatic heterocycles. The van der Waals surface area contributed by atoms with E-state index in [-0.39, 0.29) is 16.0 Å². The molecule has 0 bridgehead atoms. The van der Waals surface area contributed by atoms with Crippen LogP contribution in [-0.4, -0.2) is 19.3 Å². The molecule has 0 spiro atoms. The maximum atomic E-state index is 13.6. The number of benzene rings is 2. The monoisotopic (exact) mass is 332 g/mol. The maximum absolute atomic E-state index is 13.6. The summed E-state index contributed by atoms with van der Waals surface area (Å²) in [5.41, 5.74) is 1.13. The number of carbonyl (C=O) groups excluding carboxylic acids is 1. The summed E-state index contributed by atoms with van der Waals surface area (Å²) in [6, 6.07) is 10.4. The summed E-state index contributed by atoms with van der Waals surface area (Å²) in [4.78, 5) is 14.9. The van der Waals surface area contributed by atoms with Crippen LogP contribution in [0.2, 0.25) is 0 Å². The second-order valence-corrected chi connectivity index (χ2v) is 6.79. The Labute approximate surface area is 132 Å². The highest BCUT2D eigenvalue weighted by molar-refractivity contribution is 7.90. The normalized spacial score (nSPS) is 11.6. The highest BCUT2D eigenvalue weighted by Crippen LogP contribution is 2.21. The number of carbonyl (C=O) groups is 1. The van der Waals surface area contributed by atoms with Crippen molar-refractivity contribution in [2.75, 3.05) is 0 Å². The van der Waals surface area contributed by atoms with Crippen LogP contribution in [0.3, 0.4) is 0 Å². The summed E-state index contributed by atoms with van der Waals surface area (Å²) in [7, 11) is -3.99. The molecule has 7 heteroatoms. The molecule has 1 amide bonds. The number of halogens is 1. The smallest absolute Gasteiger partial charge is 0.267 e. The molecule has 0 saturated carbocycles. The quantitative estimate of drug-likeness (QED) is 0.774. The molecule has 118 valence electrons. The lowest BCUT2D eigenvalue weighted by Gasteiger charge is -2.06. The minimum absolute atomic E-state index is 0.0116. The average molecular weight is 332 g/mol. The third-order valence-corrected chi connectivity index (χ3v) is 4.81. The number of aryl methyl sites for hydroxylation is 1. The van der Waals surface area contributed by atoms with Gasteiger partial charge in [0.05, 0.1) is 16.0 Å². The molecule has 23 heavy (non-hydrogen) atoms. The second kappa shape index (κ2) is 5.51. The van der Waals surface area contributed by atoms with E-state index in [0.717, 1.165) is 5.56 Å². The highest BCUT2D eigenvalue weighted by atomic mass is 32.2. The van der Waals surface area contributed by atoms with E-state index in [1.807, 2.05) is 11.6 Å². The molecular weight excluding hydrogens is 319 g/mol. The highest BCUT2D eigenvalue weighted by Gasteiger charge is 2.21. The topological polar surface area (TPSA) is 79.0 Å². The fourth-order valence-corrected chi connectivity index (χ4v) is 3.22. The molecule has 3 aromatic rings. The Bertz CT molecular complexity index is 992. The van der Waals surface area contributed by atoms with Crippen molar-refractivity contribution in [1.29, 1.82) is 0 Å². The van der Waals surface area contributed by atoms with Gasteiger partial charge in [0.15, 0.2) is 0 Å². The van der Waals surface area contributed by atoms with Crippen molar-refractivity contribution >= 4 is 26.8 Å². The second-order valence-electron chi connectivity index (χ2n) is 5.11. The predicted molar refractivity (Wildman–Crippen MR) is 84.1 cm³/mol. The number of nitrogens with one attached hydrogen (secondary N) is 2. The number of hydrogen-bond acceptors (Lipinski definition) is 3. The van der Waals surface area contributed by atoms with Crippen LogP contribution in [0.25, 0.3) is 10.9 Å². The summed E-state index contributed by atoms with van der Waals surface area (Å²) in [6.45, 7) is 1.83. The number of para-hydroxylation sites is 1. The Hall–Kier alpha value is -2.67. The van der Waals surface area contributed by atoms with Crippen molar-refractivity contribution in [3.63, 3.8) is 0 Å². The van der Waals surface area contributed by atoms with Gasteiger partial charge in [-0.25, -0.2) is 17.5 Å². The SMILES string of the molecule is Cc1ccc(S(=O)(=O)NC(=O)c2c[nH]c3c(F)cccc23)cc1. The lowest BCUT2D eigenvalue weighted by atomic mass is 10.1. The molecule has 0 radical (unpaired) electrons. The third kappa shape index (κ3) is 2.83. The summed E-state index contributed by atoms with van der Waals surface area (Å²) >= 11 is 0. The average Bonchev–Trinajstić information content (AvgIpc) is 2.93. The van der Waals surface area contributed by atoms with Gasteiger partial charge in [0, 0.05) is 11.6 Å². The largest absolute Gasteiger partial charge is 0.358 e. The van der Waals surface area contributed by atoms with Gasteiger partial charge in [0.25, 0.3) is 15.9 Å². The van der Waals surface area contributed by atoms with E-state index in [1.54, 1.807) is 18.2 Å². The van der Waals surface area contributed by atoms with Crippen molar-refractivity contribution < 1.29 is 17.6 Å². The minimum atomic E-state index is -3.99. The molecule has 2 N–H and O–H groups in total. The molecule has 0 fully saturated rings. The van der Waals surface area contributed by atoms with Gasteiger partial charge in [-0.1, -0.05) is 29.8 Å². The first kappa shape index (κ1) is 15.2. The molecule has 0 atom stereocenters. The molecule has 2 aromatic carbocycles. The molecule has 1 aromatic heterocycles. The van der Waals surface area contributed by atoms with Gasteiger partial charge in [0.2, 0.25) is 0 Å². The van der Waals surface area contributed by atoms with Crippen LogP contribution in [-0.2, 0) is 10.0 Å². The van der Waals surface area contributed by atoms with E-state index in [2.05, 4.69) is 4.98 Å². The Balaban J connectivity index is 1.94. The van der Waals surface area contributed by atoms with E-state index in [1.165, 1.54) is 30.5 Å². The van der Waals surface area contributed by atoms with Crippen LogP contribution in [0.5, 0.6) is 0 Å². The van der Waals surface area contributed by atoms with E-state index < -0.39 is 21.7 Å². The molecule has 0 aliphatic carbocycles.